The van der Waals surface area contributed by atoms with Gasteiger partial charge >= 0.3 is 0 Å². The third-order valence-electron chi connectivity index (χ3n) is 2.53. The van der Waals surface area contributed by atoms with Gasteiger partial charge in [0.05, 0.1) is 0 Å². The summed E-state index contributed by atoms with van der Waals surface area (Å²) >= 11 is 0. The first-order valence-corrected chi connectivity index (χ1v) is 5.17. The van der Waals surface area contributed by atoms with Crippen molar-refractivity contribution in [2.45, 2.75) is 25.7 Å². The zero-order chi connectivity index (χ0) is 10.4. The molecule has 0 heterocycles. The molecule has 0 aliphatic heterocycles. The molecule has 0 aliphatic carbocycles. The van der Waals surface area contributed by atoms with Crippen LogP contribution in [0.5, 0.6) is 0 Å². The highest BCUT2D eigenvalue weighted by molar-refractivity contribution is 5.25. The molecule has 1 atom stereocenters. The minimum absolute atomic E-state index is 0.265. The van der Waals surface area contributed by atoms with Crippen LogP contribution in [0.3, 0.4) is 0 Å². The van der Waals surface area contributed by atoms with Crippen molar-refractivity contribution < 1.29 is 5.11 Å². The summed E-state index contributed by atoms with van der Waals surface area (Å²) in [5.74, 6) is 0.432. The van der Waals surface area contributed by atoms with E-state index in [9.17, 15) is 0 Å². The first-order valence-electron chi connectivity index (χ1n) is 5.17. The monoisotopic (exact) mass is 193 g/mol. The first kappa shape index (κ1) is 11.2. The minimum Gasteiger partial charge on any atom is -0.396 e. The standard InChI is InChI=1S/C12H19NO/c1-10(9-13)12-6-4-11(5-7-12)3-2-8-14/h4-7,10,14H,2-3,8-9,13H2,1H3. The number of aryl methyl sites for hydroxylation is 1. The Hall–Kier alpha value is -0.860. The molecule has 0 aromatic heterocycles. The fraction of sp³-hybridized carbons (Fsp3) is 0.500. The van der Waals surface area contributed by atoms with Gasteiger partial charge in [-0.2, -0.15) is 0 Å². The van der Waals surface area contributed by atoms with Crippen LogP contribution in [0.4, 0.5) is 0 Å². The molecule has 0 saturated carbocycles. The lowest BCUT2D eigenvalue weighted by Crippen LogP contribution is -2.08. The Labute approximate surface area is 85.8 Å². The van der Waals surface area contributed by atoms with E-state index in [0.717, 1.165) is 12.8 Å². The molecule has 14 heavy (non-hydrogen) atoms. The number of hydrogen-bond donors (Lipinski definition) is 2. The smallest absolute Gasteiger partial charge is 0.0434 e. The fourth-order valence-electron chi connectivity index (χ4n) is 1.43. The van der Waals surface area contributed by atoms with Crippen molar-refractivity contribution in [3.05, 3.63) is 35.4 Å². The summed E-state index contributed by atoms with van der Waals surface area (Å²) in [5.41, 5.74) is 8.17. The lowest BCUT2D eigenvalue weighted by Gasteiger charge is -2.09. The van der Waals surface area contributed by atoms with Crippen LogP contribution in [-0.2, 0) is 6.42 Å². The molecule has 0 amide bonds. The van der Waals surface area contributed by atoms with Gasteiger partial charge in [0.1, 0.15) is 0 Å². The van der Waals surface area contributed by atoms with Crippen molar-refractivity contribution in [2.24, 2.45) is 5.73 Å². The second kappa shape index (κ2) is 5.78. The first-order chi connectivity index (χ1) is 6.77. The molecule has 0 saturated heterocycles. The lowest BCUT2D eigenvalue weighted by molar-refractivity contribution is 0.288. The summed E-state index contributed by atoms with van der Waals surface area (Å²) in [6, 6.07) is 8.50. The molecule has 0 radical (unpaired) electrons. The fourth-order valence-corrected chi connectivity index (χ4v) is 1.43. The Morgan fingerprint density at radius 1 is 1.29 bits per heavy atom. The SMILES string of the molecule is CC(CN)c1ccc(CCCO)cc1. The van der Waals surface area contributed by atoms with Gasteiger partial charge in [0, 0.05) is 6.61 Å². The van der Waals surface area contributed by atoms with Gasteiger partial charge in [-0.3, -0.25) is 0 Å². The van der Waals surface area contributed by atoms with E-state index in [0.29, 0.717) is 12.5 Å². The van der Waals surface area contributed by atoms with Crippen molar-refractivity contribution in [3.8, 4) is 0 Å². The molecular weight excluding hydrogens is 174 g/mol. The van der Waals surface area contributed by atoms with Crippen molar-refractivity contribution in [1.29, 1.82) is 0 Å². The van der Waals surface area contributed by atoms with E-state index >= 15 is 0 Å². The Balaban J connectivity index is 2.59. The van der Waals surface area contributed by atoms with Crippen LogP contribution in [-0.4, -0.2) is 18.3 Å². The molecule has 1 unspecified atom stereocenters. The summed E-state index contributed by atoms with van der Waals surface area (Å²) in [7, 11) is 0. The molecular formula is C12H19NO. The third-order valence-corrected chi connectivity index (χ3v) is 2.53. The summed E-state index contributed by atoms with van der Waals surface area (Å²) in [6.07, 6.45) is 1.79. The number of aliphatic hydroxyl groups excluding tert-OH is 1. The predicted molar refractivity (Wildman–Crippen MR) is 59.3 cm³/mol. The quantitative estimate of drug-likeness (QED) is 0.747. The summed E-state index contributed by atoms with van der Waals surface area (Å²) < 4.78 is 0. The van der Waals surface area contributed by atoms with Crippen LogP contribution in [0.25, 0.3) is 0 Å². The van der Waals surface area contributed by atoms with Crippen molar-refractivity contribution in [3.63, 3.8) is 0 Å². The molecule has 0 fully saturated rings. The molecule has 2 nitrogen and oxygen atoms in total. The van der Waals surface area contributed by atoms with Crippen LogP contribution in [0.1, 0.15) is 30.4 Å². The van der Waals surface area contributed by atoms with Crippen molar-refractivity contribution in [2.75, 3.05) is 13.2 Å². The van der Waals surface area contributed by atoms with E-state index in [1.165, 1.54) is 11.1 Å². The van der Waals surface area contributed by atoms with E-state index < -0.39 is 0 Å². The predicted octanol–water partition coefficient (Wildman–Crippen LogP) is 1.67. The van der Waals surface area contributed by atoms with Crippen molar-refractivity contribution >= 4 is 0 Å². The average Bonchev–Trinajstić information content (AvgIpc) is 2.26. The molecule has 0 bridgehead atoms. The summed E-state index contributed by atoms with van der Waals surface area (Å²) in [6.45, 7) is 3.08. The molecule has 0 spiro atoms. The maximum absolute atomic E-state index is 8.69. The Bertz CT molecular complexity index is 256. The highest BCUT2D eigenvalue weighted by Crippen LogP contribution is 2.15. The second-order valence-electron chi connectivity index (χ2n) is 3.71. The topological polar surface area (TPSA) is 46.2 Å². The maximum Gasteiger partial charge on any atom is 0.0434 e. The lowest BCUT2D eigenvalue weighted by atomic mass is 9.99. The number of aliphatic hydroxyl groups is 1. The number of nitrogens with two attached hydrogens (primary N) is 1. The highest BCUT2D eigenvalue weighted by Gasteiger charge is 2.02. The zero-order valence-electron chi connectivity index (χ0n) is 8.74. The average molecular weight is 193 g/mol. The van der Waals surface area contributed by atoms with E-state index in [1.807, 2.05) is 0 Å². The van der Waals surface area contributed by atoms with E-state index in [-0.39, 0.29) is 6.61 Å². The van der Waals surface area contributed by atoms with Gasteiger partial charge in [-0.1, -0.05) is 31.2 Å². The van der Waals surface area contributed by atoms with Crippen molar-refractivity contribution in [1.82, 2.24) is 0 Å². The van der Waals surface area contributed by atoms with E-state index in [2.05, 4.69) is 31.2 Å². The zero-order valence-corrected chi connectivity index (χ0v) is 8.74. The largest absolute Gasteiger partial charge is 0.396 e. The third kappa shape index (κ3) is 3.13. The molecule has 3 N–H and O–H groups in total. The van der Waals surface area contributed by atoms with Gasteiger partial charge in [0.15, 0.2) is 0 Å². The maximum atomic E-state index is 8.69. The molecule has 2 heteroatoms. The normalized spacial score (nSPS) is 12.8. The van der Waals surface area contributed by atoms with Crippen LogP contribution in [0.2, 0.25) is 0 Å². The van der Waals surface area contributed by atoms with Gasteiger partial charge in [-0.15, -0.1) is 0 Å². The van der Waals surface area contributed by atoms with Gasteiger partial charge in [-0.25, -0.2) is 0 Å². The minimum atomic E-state index is 0.265. The van der Waals surface area contributed by atoms with Crippen LogP contribution >= 0.6 is 0 Å². The van der Waals surface area contributed by atoms with E-state index in [4.69, 9.17) is 10.8 Å². The second-order valence-corrected chi connectivity index (χ2v) is 3.71. The van der Waals surface area contributed by atoms with Gasteiger partial charge in [0.2, 0.25) is 0 Å². The van der Waals surface area contributed by atoms with Crippen LogP contribution in [0.15, 0.2) is 24.3 Å². The molecule has 0 aliphatic rings. The molecule has 1 aromatic carbocycles. The number of benzene rings is 1. The van der Waals surface area contributed by atoms with Crippen LogP contribution < -0.4 is 5.73 Å². The summed E-state index contributed by atoms with van der Waals surface area (Å²) in [4.78, 5) is 0. The summed E-state index contributed by atoms with van der Waals surface area (Å²) in [5, 5.41) is 8.69. The Morgan fingerprint density at radius 2 is 1.93 bits per heavy atom. The molecule has 1 aromatic rings. The molecule has 1 rings (SSSR count). The molecule has 78 valence electrons. The van der Waals surface area contributed by atoms with Gasteiger partial charge in [0.25, 0.3) is 0 Å². The van der Waals surface area contributed by atoms with Crippen LogP contribution in [0, 0.1) is 0 Å². The number of rotatable bonds is 5. The van der Waals surface area contributed by atoms with Gasteiger partial charge < -0.3 is 10.8 Å². The van der Waals surface area contributed by atoms with E-state index in [1.54, 1.807) is 0 Å². The Morgan fingerprint density at radius 3 is 2.43 bits per heavy atom. The highest BCUT2D eigenvalue weighted by atomic mass is 16.2. The van der Waals surface area contributed by atoms with Gasteiger partial charge in [-0.05, 0) is 36.4 Å². The Kier molecular flexibility index (Phi) is 4.63. The number of hydrogen-bond acceptors (Lipinski definition) is 2.